The van der Waals surface area contributed by atoms with Gasteiger partial charge in [-0.1, -0.05) is 31.2 Å². The summed E-state index contributed by atoms with van der Waals surface area (Å²) in [5.74, 6) is 0. The minimum Gasteiger partial charge on any atom is -0.379 e. The molecule has 0 radical (unpaired) electrons. The van der Waals surface area contributed by atoms with Crippen LogP contribution in [0.25, 0.3) is 0 Å². The van der Waals surface area contributed by atoms with E-state index in [0.717, 1.165) is 12.8 Å². The molecule has 0 aliphatic rings. The minimum atomic E-state index is -0.127. The van der Waals surface area contributed by atoms with Gasteiger partial charge in [0.2, 0.25) is 0 Å². The van der Waals surface area contributed by atoms with Crippen molar-refractivity contribution < 1.29 is 9.47 Å². The number of aryl methyl sites for hydroxylation is 1. The van der Waals surface area contributed by atoms with E-state index in [1.807, 2.05) is 7.05 Å². The Hall–Kier alpha value is -0.900. The third-order valence-electron chi connectivity index (χ3n) is 4.16. The lowest BCUT2D eigenvalue weighted by atomic mass is 10.00. The number of ether oxygens (including phenoxy) is 2. The molecule has 0 heterocycles. The van der Waals surface area contributed by atoms with Crippen molar-refractivity contribution in [3.05, 3.63) is 35.4 Å². The van der Waals surface area contributed by atoms with E-state index in [1.54, 1.807) is 7.11 Å². The first-order chi connectivity index (χ1) is 9.93. The van der Waals surface area contributed by atoms with E-state index in [9.17, 15) is 0 Å². The first-order valence-electron chi connectivity index (χ1n) is 7.86. The van der Waals surface area contributed by atoms with Crippen LogP contribution < -0.4 is 5.32 Å². The molecule has 21 heavy (non-hydrogen) atoms. The quantitative estimate of drug-likeness (QED) is 0.752. The van der Waals surface area contributed by atoms with E-state index >= 15 is 0 Å². The SMILES string of the molecule is CCc1ccc(C(NC)C(C)OCCC(C)(C)OC)cc1. The van der Waals surface area contributed by atoms with Crippen LogP contribution in [0.4, 0.5) is 0 Å². The lowest BCUT2D eigenvalue weighted by molar-refractivity contribution is -0.0301. The average molecular weight is 293 g/mol. The Morgan fingerprint density at radius 3 is 2.29 bits per heavy atom. The highest BCUT2D eigenvalue weighted by Gasteiger charge is 2.20. The summed E-state index contributed by atoms with van der Waals surface area (Å²) in [5.41, 5.74) is 2.51. The fraction of sp³-hybridized carbons (Fsp3) is 0.667. The van der Waals surface area contributed by atoms with Crippen molar-refractivity contribution in [2.45, 2.75) is 58.3 Å². The molecule has 0 saturated heterocycles. The second kappa shape index (κ2) is 8.52. The zero-order valence-corrected chi connectivity index (χ0v) is 14.4. The van der Waals surface area contributed by atoms with Gasteiger partial charge in [0.25, 0.3) is 0 Å². The van der Waals surface area contributed by atoms with Gasteiger partial charge in [-0.15, -0.1) is 0 Å². The zero-order chi connectivity index (χ0) is 15.9. The maximum absolute atomic E-state index is 6.00. The molecule has 0 aromatic heterocycles. The molecule has 1 rings (SSSR count). The Morgan fingerprint density at radius 1 is 1.19 bits per heavy atom. The van der Waals surface area contributed by atoms with Crippen molar-refractivity contribution in [2.75, 3.05) is 20.8 Å². The van der Waals surface area contributed by atoms with Crippen molar-refractivity contribution in [3.63, 3.8) is 0 Å². The highest BCUT2D eigenvalue weighted by molar-refractivity contribution is 5.25. The molecular weight excluding hydrogens is 262 g/mol. The van der Waals surface area contributed by atoms with E-state index in [0.29, 0.717) is 6.61 Å². The van der Waals surface area contributed by atoms with Gasteiger partial charge in [0.15, 0.2) is 0 Å². The maximum Gasteiger partial charge on any atom is 0.0741 e. The molecule has 1 aromatic carbocycles. The lowest BCUT2D eigenvalue weighted by Crippen LogP contribution is -2.31. The molecule has 1 N–H and O–H groups in total. The van der Waals surface area contributed by atoms with Crippen molar-refractivity contribution in [2.24, 2.45) is 0 Å². The summed E-state index contributed by atoms with van der Waals surface area (Å²) in [5, 5.41) is 3.36. The van der Waals surface area contributed by atoms with Crippen LogP contribution in [0.1, 0.15) is 51.3 Å². The topological polar surface area (TPSA) is 30.5 Å². The van der Waals surface area contributed by atoms with Crippen LogP contribution in [0.3, 0.4) is 0 Å². The van der Waals surface area contributed by atoms with Gasteiger partial charge in [0, 0.05) is 13.7 Å². The largest absolute Gasteiger partial charge is 0.379 e. The third-order valence-corrected chi connectivity index (χ3v) is 4.16. The number of benzene rings is 1. The van der Waals surface area contributed by atoms with Gasteiger partial charge in [0.1, 0.15) is 0 Å². The van der Waals surface area contributed by atoms with E-state index in [4.69, 9.17) is 9.47 Å². The molecule has 0 amide bonds. The van der Waals surface area contributed by atoms with Crippen LogP contribution in [0.15, 0.2) is 24.3 Å². The maximum atomic E-state index is 6.00. The Kier molecular flexibility index (Phi) is 7.36. The van der Waals surface area contributed by atoms with Crippen LogP contribution in [0.5, 0.6) is 0 Å². The summed E-state index contributed by atoms with van der Waals surface area (Å²) in [6, 6.07) is 8.99. The highest BCUT2D eigenvalue weighted by atomic mass is 16.5. The summed E-state index contributed by atoms with van der Waals surface area (Å²) in [4.78, 5) is 0. The van der Waals surface area contributed by atoms with Crippen molar-refractivity contribution >= 4 is 0 Å². The number of likely N-dealkylation sites (N-methyl/N-ethyl adjacent to an activating group) is 1. The fourth-order valence-electron chi connectivity index (χ4n) is 2.32. The summed E-state index contributed by atoms with van der Waals surface area (Å²) >= 11 is 0. The molecule has 0 aliphatic carbocycles. The molecule has 2 atom stereocenters. The fourth-order valence-corrected chi connectivity index (χ4v) is 2.32. The zero-order valence-electron chi connectivity index (χ0n) is 14.4. The van der Waals surface area contributed by atoms with Crippen molar-refractivity contribution in [3.8, 4) is 0 Å². The molecule has 3 nitrogen and oxygen atoms in total. The molecular formula is C18H31NO2. The van der Waals surface area contributed by atoms with E-state index < -0.39 is 0 Å². The van der Waals surface area contributed by atoms with Crippen LogP contribution >= 0.6 is 0 Å². The monoisotopic (exact) mass is 293 g/mol. The van der Waals surface area contributed by atoms with Crippen LogP contribution in [0.2, 0.25) is 0 Å². The number of nitrogens with one attached hydrogen (secondary N) is 1. The first kappa shape index (κ1) is 18.1. The second-order valence-corrected chi connectivity index (χ2v) is 6.15. The highest BCUT2D eigenvalue weighted by Crippen LogP contribution is 2.21. The minimum absolute atomic E-state index is 0.120. The van der Waals surface area contributed by atoms with Gasteiger partial charge in [0.05, 0.1) is 17.7 Å². The van der Waals surface area contributed by atoms with E-state index in [-0.39, 0.29) is 17.7 Å². The van der Waals surface area contributed by atoms with E-state index in [2.05, 4.69) is 57.3 Å². The molecule has 0 aliphatic heterocycles. The van der Waals surface area contributed by atoms with Crippen molar-refractivity contribution in [1.29, 1.82) is 0 Å². The summed E-state index contributed by atoms with van der Waals surface area (Å²) < 4.78 is 11.4. The van der Waals surface area contributed by atoms with Gasteiger partial charge >= 0.3 is 0 Å². The average Bonchev–Trinajstić information content (AvgIpc) is 2.48. The molecule has 2 unspecified atom stereocenters. The van der Waals surface area contributed by atoms with Gasteiger partial charge < -0.3 is 14.8 Å². The predicted octanol–water partition coefficient (Wildman–Crippen LogP) is 3.73. The lowest BCUT2D eigenvalue weighted by Gasteiger charge is -2.27. The number of rotatable bonds is 9. The van der Waals surface area contributed by atoms with Gasteiger partial charge in [-0.2, -0.15) is 0 Å². The van der Waals surface area contributed by atoms with Gasteiger partial charge in [-0.05, 0) is 51.8 Å². The first-order valence-corrected chi connectivity index (χ1v) is 7.86. The normalized spacial score (nSPS) is 15.0. The molecule has 120 valence electrons. The summed E-state index contributed by atoms with van der Waals surface area (Å²) in [6.45, 7) is 9.16. The Labute approximate surface area is 130 Å². The number of hydrogen-bond acceptors (Lipinski definition) is 3. The predicted molar refractivity (Wildman–Crippen MR) is 88.7 cm³/mol. The summed E-state index contributed by atoms with van der Waals surface area (Å²) in [7, 11) is 3.73. The van der Waals surface area contributed by atoms with Crippen LogP contribution in [-0.2, 0) is 15.9 Å². The van der Waals surface area contributed by atoms with Crippen molar-refractivity contribution in [1.82, 2.24) is 5.32 Å². The molecule has 0 spiro atoms. The van der Waals surface area contributed by atoms with Gasteiger partial charge in [-0.3, -0.25) is 0 Å². The Morgan fingerprint density at radius 2 is 1.81 bits per heavy atom. The van der Waals surface area contributed by atoms with E-state index in [1.165, 1.54) is 11.1 Å². The third kappa shape index (κ3) is 5.77. The number of hydrogen-bond donors (Lipinski definition) is 1. The Balaban J connectivity index is 2.58. The molecule has 0 bridgehead atoms. The number of methoxy groups -OCH3 is 1. The molecule has 3 heteroatoms. The second-order valence-electron chi connectivity index (χ2n) is 6.15. The standard InChI is InChI=1S/C18H31NO2/c1-7-15-8-10-16(11-9-15)17(19-5)14(2)21-13-12-18(3,4)20-6/h8-11,14,17,19H,7,12-13H2,1-6H3. The molecule has 0 saturated carbocycles. The smallest absolute Gasteiger partial charge is 0.0741 e. The van der Waals surface area contributed by atoms with Crippen LogP contribution in [-0.4, -0.2) is 32.5 Å². The molecule has 0 fully saturated rings. The Bertz CT molecular complexity index is 400. The molecule has 1 aromatic rings. The van der Waals surface area contributed by atoms with Gasteiger partial charge in [-0.25, -0.2) is 0 Å². The summed E-state index contributed by atoms with van der Waals surface area (Å²) in [6.07, 6.45) is 2.08. The van der Waals surface area contributed by atoms with Crippen LogP contribution in [0, 0.1) is 0 Å².